The third-order valence-corrected chi connectivity index (χ3v) is 8.08. The van der Waals surface area contributed by atoms with Crippen molar-refractivity contribution in [2.24, 2.45) is 0 Å². The quantitative estimate of drug-likeness (QED) is 0.227. The first-order valence-corrected chi connectivity index (χ1v) is 14.9. The van der Waals surface area contributed by atoms with Crippen molar-refractivity contribution in [2.45, 2.75) is 45.0 Å². The Labute approximate surface area is 263 Å². The van der Waals surface area contributed by atoms with E-state index in [0.717, 1.165) is 23.4 Å². The Kier molecular flexibility index (Phi) is 9.84. The first-order valence-electron chi connectivity index (χ1n) is 14.9. The monoisotopic (exact) mass is 634 g/mol. The summed E-state index contributed by atoms with van der Waals surface area (Å²) in [6.45, 7) is 3.57. The molecule has 1 fully saturated rings. The number of halogens is 3. The van der Waals surface area contributed by atoms with E-state index < -0.39 is 35.0 Å². The third kappa shape index (κ3) is 7.98. The molecule has 1 aromatic heterocycles. The highest BCUT2D eigenvalue weighted by atomic mass is 19.4. The summed E-state index contributed by atoms with van der Waals surface area (Å²) in [6, 6.07) is 18.7. The zero-order chi connectivity index (χ0) is 32.8. The third-order valence-electron chi connectivity index (χ3n) is 8.08. The Hall–Kier alpha value is -5.00. The second kappa shape index (κ2) is 14.0. The van der Waals surface area contributed by atoms with Crippen LogP contribution in [0.2, 0.25) is 0 Å². The van der Waals surface area contributed by atoms with Gasteiger partial charge >= 0.3 is 12.1 Å². The van der Waals surface area contributed by atoms with Crippen molar-refractivity contribution >= 4 is 34.3 Å². The number of carbonyl (C=O) groups excluding carboxylic acids is 3. The number of carbonyl (C=O) groups is 3. The summed E-state index contributed by atoms with van der Waals surface area (Å²) in [4.78, 5) is 59.4. The van der Waals surface area contributed by atoms with Crippen LogP contribution in [0.4, 0.5) is 18.9 Å². The van der Waals surface area contributed by atoms with Gasteiger partial charge in [0.1, 0.15) is 6.61 Å². The SMILES string of the molecule is CC(=O)N1CCN(c2ccc3ncn(CC(=O)CC(CC(=O)OCc4ccccc4)c4ccc(C(F)(F)F)cc4)c(=O)c3c2)CC1. The molecule has 3 aromatic carbocycles. The number of anilines is 1. The number of hydrogen-bond acceptors (Lipinski definition) is 7. The summed E-state index contributed by atoms with van der Waals surface area (Å²) in [5.74, 6) is -1.77. The molecule has 4 aromatic rings. The van der Waals surface area contributed by atoms with E-state index in [1.165, 1.54) is 30.0 Å². The number of nitrogens with zero attached hydrogens (tertiary/aromatic N) is 4. The number of alkyl halides is 3. The van der Waals surface area contributed by atoms with Gasteiger partial charge in [0.05, 0.1) is 35.8 Å². The molecule has 0 bridgehead atoms. The van der Waals surface area contributed by atoms with Crippen molar-refractivity contribution in [3.63, 3.8) is 0 Å². The fourth-order valence-electron chi connectivity index (χ4n) is 5.52. The minimum atomic E-state index is -4.54. The van der Waals surface area contributed by atoms with Gasteiger partial charge in [0.2, 0.25) is 5.91 Å². The van der Waals surface area contributed by atoms with Gasteiger partial charge in [-0.2, -0.15) is 13.2 Å². The summed E-state index contributed by atoms with van der Waals surface area (Å²) in [6.07, 6.45) is -3.70. The Morgan fingerprint density at radius 1 is 0.913 bits per heavy atom. The minimum absolute atomic E-state index is 0.0135. The molecule has 1 amide bonds. The summed E-state index contributed by atoms with van der Waals surface area (Å²) in [5, 5.41) is 0.325. The van der Waals surface area contributed by atoms with Crippen LogP contribution in [-0.4, -0.2) is 58.3 Å². The van der Waals surface area contributed by atoms with Gasteiger partial charge in [0, 0.05) is 51.1 Å². The summed E-state index contributed by atoms with van der Waals surface area (Å²) >= 11 is 0. The van der Waals surface area contributed by atoms with Gasteiger partial charge in [0.25, 0.3) is 5.56 Å². The summed E-state index contributed by atoms with van der Waals surface area (Å²) in [7, 11) is 0. The van der Waals surface area contributed by atoms with Crippen LogP contribution in [0.5, 0.6) is 0 Å². The number of piperazine rings is 1. The topological polar surface area (TPSA) is 102 Å². The molecule has 0 spiro atoms. The summed E-state index contributed by atoms with van der Waals surface area (Å²) < 4.78 is 46.1. The summed E-state index contributed by atoms with van der Waals surface area (Å²) in [5.41, 5.74) is 1.13. The van der Waals surface area contributed by atoms with Crippen LogP contribution >= 0.6 is 0 Å². The Balaban J connectivity index is 1.31. The lowest BCUT2D eigenvalue weighted by molar-refractivity contribution is -0.145. The second-order valence-electron chi connectivity index (χ2n) is 11.3. The fraction of sp³-hybridized carbons (Fsp3) is 0.324. The number of esters is 1. The number of rotatable bonds is 10. The molecule has 240 valence electrons. The maximum atomic E-state index is 13.4. The van der Waals surface area contributed by atoms with Crippen molar-refractivity contribution in [3.05, 3.63) is 106 Å². The van der Waals surface area contributed by atoms with Crippen LogP contribution in [-0.2, 0) is 38.4 Å². The number of hydrogen-bond donors (Lipinski definition) is 0. The van der Waals surface area contributed by atoms with Crippen molar-refractivity contribution in [1.29, 1.82) is 0 Å². The number of ether oxygens (including phenoxy) is 1. The number of Topliss-reactive ketones (excluding diaryl/α,β-unsaturated/α-hetero) is 1. The molecule has 0 aliphatic carbocycles. The largest absolute Gasteiger partial charge is 0.461 e. The molecule has 5 rings (SSSR count). The van der Waals surface area contributed by atoms with Crippen LogP contribution < -0.4 is 10.5 Å². The average Bonchev–Trinajstić information content (AvgIpc) is 3.05. The van der Waals surface area contributed by atoms with Gasteiger partial charge in [0.15, 0.2) is 5.78 Å². The van der Waals surface area contributed by atoms with Gasteiger partial charge in [-0.1, -0.05) is 42.5 Å². The molecule has 1 aliphatic heterocycles. The van der Waals surface area contributed by atoms with Crippen molar-refractivity contribution in [2.75, 3.05) is 31.1 Å². The van der Waals surface area contributed by atoms with E-state index in [1.807, 2.05) is 12.1 Å². The maximum absolute atomic E-state index is 13.4. The fourth-order valence-corrected chi connectivity index (χ4v) is 5.52. The van der Waals surface area contributed by atoms with E-state index in [1.54, 1.807) is 41.3 Å². The normalized spacial score (nSPS) is 14.3. The lowest BCUT2D eigenvalue weighted by Gasteiger charge is -2.35. The van der Waals surface area contributed by atoms with Gasteiger partial charge in [-0.3, -0.25) is 23.7 Å². The standard InChI is InChI=1S/C34H33F3N4O5/c1-23(42)39-13-15-40(16-14-39)28-11-12-31-30(19-28)33(45)41(22-38-31)20-29(43)17-26(25-7-9-27(10-8-25)34(35,36)37)18-32(44)46-21-24-5-3-2-4-6-24/h2-12,19,22,26H,13-18,20-21H2,1H3. The molecule has 1 aliphatic rings. The number of aromatic nitrogens is 2. The predicted molar refractivity (Wildman–Crippen MR) is 165 cm³/mol. The maximum Gasteiger partial charge on any atom is 0.416 e. The highest BCUT2D eigenvalue weighted by molar-refractivity contribution is 5.83. The molecule has 1 saturated heterocycles. The molecule has 0 saturated carbocycles. The first kappa shape index (κ1) is 32.4. The van der Waals surface area contributed by atoms with Crippen molar-refractivity contribution in [1.82, 2.24) is 14.5 Å². The van der Waals surface area contributed by atoms with Gasteiger partial charge in [-0.25, -0.2) is 4.98 Å². The number of benzene rings is 3. The second-order valence-corrected chi connectivity index (χ2v) is 11.3. The van der Waals surface area contributed by atoms with E-state index in [0.29, 0.717) is 42.6 Å². The number of amides is 1. The van der Waals surface area contributed by atoms with Crippen LogP contribution in [0, 0.1) is 0 Å². The van der Waals surface area contributed by atoms with Crippen LogP contribution in [0.15, 0.2) is 83.9 Å². The lowest BCUT2D eigenvalue weighted by Crippen LogP contribution is -2.48. The molecule has 1 unspecified atom stereocenters. The first-order chi connectivity index (χ1) is 22.0. The van der Waals surface area contributed by atoms with Gasteiger partial charge < -0.3 is 14.5 Å². The van der Waals surface area contributed by atoms with Gasteiger partial charge in [-0.05, 0) is 41.5 Å². The van der Waals surface area contributed by atoms with Crippen molar-refractivity contribution < 1.29 is 32.3 Å². The highest BCUT2D eigenvalue weighted by Gasteiger charge is 2.31. The van der Waals surface area contributed by atoms with Gasteiger partial charge in [-0.15, -0.1) is 0 Å². The number of fused-ring (bicyclic) bond motifs is 1. The molecular formula is C34H33F3N4O5. The molecule has 46 heavy (non-hydrogen) atoms. The predicted octanol–water partition coefficient (Wildman–Crippen LogP) is 4.96. The van der Waals surface area contributed by atoms with Crippen molar-refractivity contribution in [3.8, 4) is 0 Å². The molecule has 0 radical (unpaired) electrons. The Morgan fingerprint density at radius 2 is 1.61 bits per heavy atom. The molecular weight excluding hydrogens is 601 g/mol. The molecule has 1 atom stereocenters. The van der Waals surface area contributed by atoms with E-state index in [9.17, 15) is 32.3 Å². The van der Waals surface area contributed by atoms with E-state index >= 15 is 0 Å². The zero-order valence-corrected chi connectivity index (χ0v) is 25.2. The lowest BCUT2D eigenvalue weighted by atomic mass is 9.90. The van der Waals surface area contributed by atoms with E-state index in [2.05, 4.69) is 9.88 Å². The minimum Gasteiger partial charge on any atom is -0.461 e. The average molecular weight is 635 g/mol. The Bertz CT molecular complexity index is 1770. The molecule has 12 heteroatoms. The van der Waals surface area contributed by atoms with Crippen LogP contribution in [0.1, 0.15) is 42.4 Å². The molecule has 9 nitrogen and oxygen atoms in total. The molecule has 0 N–H and O–H groups in total. The van der Waals surface area contributed by atoms with E-state index in [4.69, 9.17) is 4.74 Å². The smallest absolute Gasteiger partial charge is 0.416 e. The number of ketones is 1. The Morgan fingerprint density at radius 3 is 2.26 bits per heavy atom. The van der Waals surface area contributed by atoms with Crippen LogP contribution in [0.25, 0.3) is 10.9 Å². The van der Waals surface area contributed by atoms with E-state index in [-0.39, 0.29) is 31.9 Å². The zero-order valence-electron chi connectivity index (χ0n) is 25.2. The molecule has 2 heterocycles. The highest BCUT2D eigenvalue weighted by Crippen LogP contribution is 2.32. The van der Waals surface area contributed by atoms with Crippen LogP contribution in [0.3, 0.4) is 0 Å².